The number of urea groups is 1. The number of halogens is 5. The van der Waals surface area contributed by atoms with E-state index in [0.29, 0.717) is 47.3 Å². The van der Waals surface area contributed by atoms with Crippen molar-refractivity contribution in [1.82, 2.24) is 40.6 Å². The Hall–Kier alpha value is -8.47. The van der Waals surface area contributed by atoms with Gasteiger partial charge >= 0.3 is 18.2 Å². The summed E-state index contributed by atoms with van der Waals surface area (Å²) in [4.78, 5) is 97.6. The van der Waals surface area contributed by atoms with E-state index in [-0.39, 0.29) is 79.0 Å². The lowest BCUT2D eigenvalue weighted by atomic mass is 10.0. The Morgan fingerprint density at radius 1 is 0.880 bits per heavy atom. The quantitative estimate of drug-likeness (QED) is 0.0118. The Labute approximate surface area is 432 Å². The van der Waals surface area contributed by atoms with Gasteiger partial charge in [0.1, 0.15) is 24.5 Å². The number of alkyl halides is 3. The maximum Gasteiger partial charge on any atom is 0.435 e. The van der Waals surface area contributed by atoms with Crippen LogP contribution in [0.25, 0.3) is 23.0 Å². The number of hydrogen-bond acceptors (Lipinski definition) is 12. The largest absolute Gasteiger partial charge is 0.458 e. The van der Waals surface area contributed by atoms with E-state index >= 15 is 0 Å². The molecule has 1 aliphatic heterocycles. The van der Waals surface area contributed by atoms with E-state index in [2.05, 4.69) is 41.7 Å². The Kier molecular flexibility index (Phi) is 19.3. The predicted molar refractivity (Wildman–Crippen MR) is 268 cm³/mol. The summed E-state index contributed by atoms with van der Waals surface area (Å²) in [5, 5.41) is 17.0. The monoisotopic (exact) mass is 1060 g/mol. The highest BCUT2D eigenvalue weighted by molar-refractivity contribution is 6.31. The average Bonchev–Trinajstić information content (AvgIpc) is 4.00. The number of carbonyl (C=O) groups is 7. The summed E-state index contributed by atoms with van der Waals surface area (Å²) in [7, 11) is 0. The zero-order valence-corrected chi connectivity index (χ0v) is 41.2. The van der Waals surface area contributed by atoms with Crippen LogP contribution in [0.3, 0.4) is 0 Å². The van der Waals surface area contributed by atoms with Crippen LogP contribution in [0.5, 0.6) is 0 Å². The first-order chi connectivity index (χ1) is 35.7. The summed E-state index contributed by atoms with van der Waals surface area (Å²) in [6.07, 6.45) is 4.75. The summed E-state index contributed by atoms with van der Waals surface area (Å²) in [6, 6.07) is 14.7. The van der Waals surface area contributed by atoms with Crippen LogP contribution >= 0.6 is 11.6 Å². The van der Waals surface area contributed by atoms with Gasteiger partial charge in [0.15, 0.2) is 11.5 Å². The van der Waals surface area contributed by atoms with E-state index in [1.807, 2.05) is 0 Å². The molecule has 75 heavy (non-hydrogen) atoms. The maximum absolute atomic E-state index is 13.8. The maximum atomic E-state index is 13.8. The number of benzene rings is 3. The fraction of sp³-hybridized carbons (Fsp3) is 0.294. The molecule has 0 radical (unpaired) electrons. The molecule has 0 aliphatic carbocycles. The summed E-state index contributed by atoms with van der Waals surface area (Å²) in [6.45, 7) is 3.68. The first-order valence-corrected chi connectivity index (χ1v) is 23.9. The van der Waals surface area contributed by atoms with Crippen molar-refractivity contribution < 1.29 is 55.9 Å². The minimum Gasteiger partial charge on any atom is -0.458 e. The van der Waals surface area contributed by atoms with Crippen LogP contribution in [-0.4, -0.2) is 91.4 Å². The van der Waals surface area contributed by atoms with E-state index in [9.17, 15) is 51.1 Å². The molecule has 0 spiro atoms. The van der Waals surface area contributed by atoms with Crippen molar-refractivity contribution in [3.8, 4) is 16.9 Å². The van der Waals surface area contributed by atoms with Crippen molar-refractivity contribution in [3.05, 3.63) is 131 Å². The van der Waals surface area contributed by atoms with Crippen molar-refractivity contribution >= 4 is 76.5 Å². The number of nitrogens with zero attached hydrogens (tertiary/aromatic N) is 5. The molecule has 0 saturated carbocycles. The number of aromatic nitrogens is 4. The molecule has 0 saturated heterocycles. The number of nitrogens with one attached hydrogen (secondary N) is 5. The molecule has 19 nitrogen and oxygen atoms in total. The SMILES string of the molecule is CC(C)C(NC(=O)CCCCCN1C(=O)C=CC1=O)C(=O)N[C@@H](CCCNC(N)=O)C(=O)Nc1ccc(COC(=O)/C=C/c2cccc(-c3cnc(Nc4ccc(F)c(Cl)c4)nc3-n3ccc(C(F)(F)F)n3)c2)cc1. The first-order valence-electron chi connectivity index (χ1n) is 23.5. The lowest BCUT2D eigenvalue weighted by molar-refractivity contribution is -0.141. The Morgan fingerprint density at radius 2 is 1.61 bits per heavy atom. The number of carbonyl (C=O) groups excluding carboxylic acids is 7. The zero-order valence-electron chi connectivity index (χ0n) is 40.5. The molecule has 2 aromatic heterocycles. The molecule has 7 amide bonds. The summed E-state index contributed by atoms with van der Waals surface area (Å²) in [5.74, 6) is -4.15. The van der Waals surface area contributed by atoms with Crippen LogP contribution in [0.2, 0.25) is 5.02 Å². The summed E-state index contributed by atoms with van der Waals surface area (Å²) >= 11 is 5.91. The third kappa shape index (κ3) is 16.5. The fourth-order valence-corrected chi connectivity index (χ4v) is 7.59. The van der Waals surface area contributed by atoms with Gasteiger partial charge in [-0.1, -0.05) is 62.2 Å². The average molecular weight is 1060 g/mol. The van der Waals surface area contributed by atoms with Gasteiger partial charge in [-0.25, -0.2) is 23.6 Å². The molecule has 5 aromatic rings. The third-order valence-corrected chi connectivity index (χ3v) is 11.6. The van der Waals surface area contributed by atoms with Crippen LogP contribution in [0.1, 0.15) is 69.2 Å². The van der Waals surface area contributed by atoms with Gasteiger partial charge in [0.25, 0.3) is 11.8 Å². The van der Waals surface area contributed by atoms with E-state index in [0.717, 1.165) is 27.9 Å². The number of amides is 7. The van der Waals surface area contributed by atoms with Gasteiger partial charge in [0.05, 0.1) is 5.02 Å². The highest BCUT2D eigenvalue weighted by Crippen LogP contribution is 2.32. The lowest BCUT2D eigenvalue weighted by Crippen LogP contribution is -2.54. The Balaban J connectivity index is 1.04. The number of ether oxygens (including phenoxy) is 1. The molecule has 1 aliphatic rings. The number of hydrogen-bond donors (Lipinski definition) is 6. The fourth-order valence-electron chi connectivity index (χ4n) is 7.41. The normalized spacial score (nSPS) is 13.2. The molecule has 6 rings (SSSR count). The van der Waals surface area contributed by atoms with Crippen LogP contribution < -0.4 is 32.3 Å². The molecule has 394 valence electrons. The Bertz CT molecular complexity index is 2950. The molecule has 2 atom stereocenters. The van der Waals surface area contributed by atoms with E-state index in [1.54, 1.807) is 62.4 Å². The lowest BCUT2D eigenvalue weighted by Gasteiger charge is -2.25. The minimum atomic E-state index is -4.74. The minimum absolute atomic E-state index is 0.0323. The molecule has 3 heterocycles. The Morgan fingerprint density at radius 3 is 2.29 bits per heavy atom. The molecule has 0 bridgehead atoms. The second-order valence-electron chi connectivity index (χ2n) is 17.3. The number of esters is 1. The molecule has 1 unspecified atom stereocenters. The van der Waals surface area contributed by atoms with E-state index in [1.165, 1.54) is 42.6 Å². The first kappa shape index (κ1) is 55.8. The van der Waals surface area contributed by atoms with Gasteiger partial charge in [-0.05, 0) is 96.8 Å². The smallest absolute Gasteiger partial charge is 0.435 e. The zero-order chi connectivity index (χ0) is 54.2. The number of primary amides is 1. The van der Waals surface area contributed by atoms with Gasteiger partial charge in [-0.3, -0.25) is 28.9 Å². The van der Waals surface area contributed by atoms with Crippen molar-refractivity contribution in [3.63, 3.8) is 0 Å². The molecule has 3 aromatic carbocycles. The van der Waals surface area contributed by atoms with Crippen LogP contribution in [0.15, 0.2) is 103 Å². The van der Waals surface area contributed by atoms with Crippen LogP contribution in [-0.2, 0) is 46.3 Å². The van der Waals surface area contributed by atoms with Crippen molar-refractivity contribution in [2.24, 2.45) is 11.7 Å². The second kappa shape index (κ2) is 26.0. The van der Waals surface area contributed by atoms with Gasteiger partial charge in [0, 0.05) is 67.1 Å². The number of nitrogens with two attached hydrogens (primary N) is 1. The predicted octanol–water partition coefficient (Wildman–Crippen LogP) is 7.14. The molecular formula is C51H52ClF4N11O8. The highest BCUT2D eigenvalue weighted by Gasteiger charge is 2.34. The van der Waals surface area contributed by atoms with E-state index in [4.69, 9.17) is 22.1 Å². The number of anilines is 3. The molecule has 7 N–H and O–H groups in total. The van der Waals surface area contributed by atoms with Crippen molar-refractivity contribution in [2.45, 2.75) is 77.2 Å². The van der Waals surface area contributed by atoms with Gasteiger partial charge in [-0.2, -0.15) is 23.3 Å². The van der Waals surface area contributed by atoms with Crippen LogP contribution in [0.4, 0.5) is 39.7 Å². The molecular weight excluding hydrogens is 1010 g/mol. The molecule has 24 heteroatoms. The van der Waals surface area contributed by atoms with Gasteiger partial charge < -0.3 is 37.1 Å². The molecule has 0 fully saturated rings. The standard InChI is InChI=1S/C51H52ClF4N11O8/c1-30(2)45(63-41(68)11-4-3-5-24-66-42(69)19-20-43(66)70)48(73)62-39(10-7-23-58-49(57)74)47(72)60-34-15-12-32(13-16-34)29-75-44(71)21-14-31-8-6-9-33(26-31)36-28-59-50(61-35-17-18-38(53)37(52)27-35)64-46(36)67-25-22-40(65-67)51(54,55)56/h6,8-9,12-22,25-28,30,39,45H,3-5,7,10-11,23-24,29H2,1-2H3,(H,60,72)(H,62,73)(H,63,68)(H3,57,58,74)(H,59,61,64)/b21-14+/t39-,45?/m0/s1. The number of rotatable bonds is 24. The summed E-state index contributed by atoms with van der Waals surface area (Å²) in [5.41, 5.74) is 6.49. The third-order valence-electron chi connectivity index (χ3n) is 11.3. The summed E-state index contributed by atoms with van der Waals surface area (Å²) < 4.78 is 60.9. The van der Waals surface area contributed by atoms with Crippen LogP contribution in [0, 0.1) is 11.7 Å². The topological polar surface area (TPSA) is 262 Å². The van der Waals surface area contributed by atoms with Gasteiger partial charge in [-0.15, -0.1) is 0 Å². The van der Waals surface area contributed by atoms with Crippen molar-refractivity contribution in [2.75, 3.05) is 23.7 Å². The highest BCUT2D eigenvalue weighted by atomic mass is 35.5. The number of imide groups is 1. The second-order valence-corrected chi connectivity index (χ2v) is 17.7. The van der Waals surface area contributed by atoms with E-state index < -0.39 is 59.5 Å². The van der Waals surface area contributed by atoms with Crippen molar-refractivity contribution in [1.29, 1.82) is 0 Å². The number of unbranched alkanes of at least 4 members (excludes halogenated alkanes) is 2. The van der Waals surface area contributed by atoms with Gasteiger partial charge in [0.2, 0.25) is 23.7 Å².